The molecule has 0 aliphatic carbocycles. The molecule has 1 heterocycles. The van der Waals surface area contributed by atoms with E-state index in [-0.39, 0.29) is 12.1 Å². The Bertz CT molecular complexity index is 1030. The summed E-state index contributed by atoms with van der Waals surface area (Å²) in [7, 11) is 0. The maximum Gasteiger partial charge on any atom is 0.135 e. The van der Waals surface area contributed by atoms with Gasteiger partial charge in [0.05, 0.1) is 25.3 Å². The summed E-state index contributed by atoms with van der Waals surface area (Å²) in [6.07, 6.45) is 6.62. The van der Waals surface area contributed by atoms with Crippen molar-refractivity contribution in [1.82, 2.24) is 4.90 Å². The first-order valence-electron chi connectivity index (χ1n) is 12.0. The third kappa shape index (κ3) is 6.21. The molecule has 3 heteroatoms. The number of benzene rings is 3. The first kappa shape index (κ1) is 23.0. The highest BCUT2D eigenvalue weighted by atomic mass is 16.5. The van der Waals surface area contributed by atoms with E-state index < -0.39 is 0 Å². The van der Waals surface area contributed by atoms with Crippen LogP contribution in [0.4, 0.5) is 0 Å². The molecular weight excluding hydrogens is 404 g/mol. The lowest BCUT2D eigenvalue weighted by atomic mass is 9.96. The van der Waals surface area contributed by atoms with Crippen LogP contribution in [0.1, 0.15) is 49.4 Å². The Morgan fingerprint density at radius 2 is 1.55 bits per heavy atom. The summed E-state index contributed by atoms with van der Waals surface area (Å²) in [6.45, 7) is 5.65. The molecule has 0 amide bonds. The molecule has 2 atom stereocenters. The van der Waals surface area contributed by atoms with Gasteiger partial charge in [-0.25, -0.2) is 0 Å². The fourth-order valence-electron chi connectivity index (χ4n) is 4.19. The molecule has 4 rings (SSSR count). The molecule has 3 nitrogen and oxygen atoms in total. The van der Waals surface area contributed by atoms with Gasteiger partial charge in [0.25, 0.3) is 0 Å². The van der Waals surface area contributed by atoms with Gasteiger partial charge in [-0.1, -0.05) is 111 Å². The van der Waals surface area contributed by atoms with Crippen molar-refractivity contribution in [3.63, 3.8) is 0 Å². The minimum absolute atomic E-state index is 0.0654. The van der Waals surface area contributed by atoms with Gasteiger partial charge in [-0.15, -0.1) is 0 Å². The second-order valence-electron chi connectivity index (χ2n) is 8.93. The van der Waals surface area contributed by atoms with Crippen LogP contribution < -0.4 is 0 Å². The Balaban J connectivity index is 1.63. The van der Waals surface area contributed by atoms with Crippen molar-refractivity contribution in [3.8, 4) is 0 Å². The molecule has 1 aliphatic heterocycles. The molecule has 33 heavy (non-hydrogen) atoms. The van der Waals surface area contributed by atoms with E-state index in [4.69, 9.17) is 9.73 Å². The molecule has 1 aliphatic rings. The minimum Gasteiger partial charge on any atom is -0.375 e. The number of allylic oxidation sites excluding steroid dienone is 1. The average Bonchev–Trinajstić information content (AvgIpc) is 2.88. The second-order valence-corrected chi connectivity index (χ2v) is 8.93. The maximum atomic E-state index is 6.14. The van der Waals surface area contributed by atoms with Gasteiger partial charge in [-0.05, 0) is 29.9 Å². The summed E-state index contributed by atoms with van der Waals surface area (Å²) in [6, 6.07) is 32.0. The van der Waals surface area contributed by atoms with Crippen molar-refractivity contribution in [2.45, 2.75) is 45.4 Å². The van der Waals surface area contributed by atoms with Gasteiger partial charge >= 0.3 is 0 Å². The smallest absolute Gasteiger partial charge is 0.135 e. The number of nitrogens with zero attached hydrogens (tertiary/aromatic N) is 2. The number of hydrogen-bond acceptors (Lipinski definition) is 2. The first-order chi connectivity index (χ1) is 16.2. The molecule has 0 N–H and O–H groups in total. The van der Waals surface area contributed by atoms with Gasteiger partial charge in [-0.3, -0.25) is 4.99 Å². The Labute approximate surface area is 198 Å². The second kappa shape index (κ2) is 11.6. The maximum absolute atomic E-state index is 6.14. The number of ether oxygens (including phenoxy) is 1. The summed E-state index contributed by atoms with van der Waals surface area (Å²) >= 11 is 0. The van der Waals surface area contributed by atoms with Crippen LogP contribution in [0.5, 0.6) is 0 Å². The molecule has 0 aromatic heterocycles. The van der Waals surface area contributed by atoms with Crippen molar-refractivity contribution in [3.05, 3.63) is 120 Å². The van der Waals surface area contributed by atoms with E-state index in [9.17, 15) is 0 Å². The zero-order chi connectivity index (χ0) is 22.9. The van der Waals surface area contributed by atoms with E-state index in [1.54, 1.807) is 0 Å². The van der Waals surface area contributed by atoms with Crippen molar-refractivity contribution >= 4 is 5.84 Å². The normalized spacial score (nSPS) is 17.4. The van der Waals surface area contributed by atoms with Crippen LogP contribution in [0.2, 0.25) is 0 Å². The van der Waals surface area contributed by atoms with Crippen LogP contribution in [0.15, 0.2) is 108 Å². The monoisotopic (exact) mass is 438 g/mol. The lowest BCUT2D eigenvalue weighted by Gasteiger charge is -2.35. The highest BCUT2D eigenvalue weighted by molar-refractivity contribution is 5.99. The summed E-state index contributed by atoms with van der Waals surface area (Å²) in [5.41, 5.74) is 3.65. The van der Waals surface area contributed by atoms with Crippen LogP contribution in [0, 0.1) is 5.92 Å². The van der Waals surface area contributed by atoms with Gasteiger partial charge < -0.3 is 9.64 Å². The lowest BCUT2D eigenvalue weighted by Crippen LogP contribution is -2.35. The number of rotatable bonds is 8. The van der Waals surface area contributed by atoms with Crippen LogP contribution in [0.3, 0.4) is 0 Å². The Kier molecular flexibility index (Phi) is 8.10. The highest BCUT2D eigenvalue weighted by Gasteiger charge is 2.26. The summed E-state index contributed by atoms with van der Waals surface area (Å²) in [5, 5.41) is 0. The van der Waals surface area contributed by atoms with Gasteiger partial charge in [0.15, 0.2) is 0 Å². The molecule has 3 aromatic rings. The minimum atomic E-state index is 0.0654. The standard InChI is InChI=1S/C30H34N2O/c1-24(2)28(23-33-22-25-14-6-3-7-15-25)31-30(27-18-10-5-11-19-27)32-21-13-12-20-29(32)26-16-8-4-9-17-26/h3-11,13-19,21,24,28-29H,12,20,22-23H2,1-2H3/t28-,29+/m1/s1. The van der Waals surface area contributed by atoms with Crippen molar-refractivity contribution < 1.29 is 4.74 Å². The van der Waals surface area contributed by atoms with Gasteiger partial charge in [0.1, 0.15) is 5.84 Å². The zero-order valence-corrected chi connectivity index (χ0v) is 19.7. The quantitative estimate of drug-likeness (QED) is 0.279. The third-order valence-corrected chi connectivity index (χ3v) is 6.13. The summed E-state index contributed by atoms with van der Waals surface area (Å²) < 4.78 is 6.14. The fraction of sp³-hybridized carbons (Fsp3) is 0.300. The van der Waals surface area contributed by atoms with Crippen LogP contribution >= 0.6 is 0 Å². The number of amidine groups is 1. The van der Waals surface area contributed by atoms with E-state index >= 15 is 0 Å². The SMILES string of the molecule is CC(C)[C@@H](COCc1ccccc1)N=C(c1ccccc1)N1C=CCC[C@H]1c1ccccc1. The molecular formula is C30H34N2O. The van der Waals surface area contributed by atoms with Crippen molar-refractivity contribution in [2.75, 3.05) is 6.61 Å². The molecule has 0 fully saturated rings. The average molecular weight is 439 g/mol. The predicted molar refractivity (Wildman–Crippen MR) is 137 cm³/mol. The number of aliphatic imine (C=N–C) groups is 1. The van der Waals surface area contributed by atoms with Gasteiger partial charge in [0, 0.05) is 11.8 Å². The molecule has 0 unspecified atom stereocenters. The first-order valence-corrected chi connectivity index (χ1v) is 12.0. The van der Waals surface area contributed by atoms with Crippen LogP contribution in [0.25, 0.3) is 0 Å². The van der Waals surface area contributed by atoms with E-state index in [0.29, 0.717) is 19.1 Å². The van der Waals surface area contributed by atoms with E-state index in [2.05, 4.69) is 116 Å². The van der Waals surface area contributed by atoms with Crippen molar-refractivity contribution in [2.24, 2.45) is 10.9 Å². The molecule has 0 saturated carbocycles. The molecule has 3 aromatic carbocycles. The largest absolute Gasteiger partial charge is 0.375 e. The zero-order valence-electron chi connectivity index (χ0n) is 19.7. The molecule has 0 radical (unpaired) electrons. The predicted octanol–water partition coefficient (Wildman–Crippen LogP) is 7.03. The van der Waals surface area contributed by atoms with Gasteiger partial charge in [-0.2, -0.15) is 0 Å². The molecule has 0 saturated heterocycles. The third-order valence-electron chi connectivity index (χ3n) is 6.13. The Morgan fingerprint density at radius 1 is 0.909 bits per heavy atom. The fourth-order valence-corrected chi connectivity index (χ4v) is 4.19. The van der Waals surface area contributed by atoms with Crippen LogP contribution in [-0.2, 0) is 11.3 Å². The topological polar surface area (TPSA) is 24.8 Å². The Morgan fingerprint density at radius 3 is 2.21 bits per heavy atom. The van der Waals surface area contributed by atoms with E-state index in [0.717, 1.165) is 24.2 Å². The van der Waals surface area contributed by atoms with Crippen molar-refractivity contribution in [1.29, 1.82) is 0 Å². The Hall–Kier alpha value is -3.17. The molecule has 0 spiro atoms. The van der Waals surface area contributed by atoms with E-state index in [1.807, 2.05) is 6.07 Å². The summed E-state index contributed by atoms with van der Waals surface area (Å²) in [4.78, 5) is 7.70. The lowest BCUT2D eigenvalue weighted by molar-refractivity contribution is 0.0975. The van der Waals surface area contributed by atoms with E-state index in [1.165, 1.54) is 11.1 Å². The van der Waals surface area contributed by atoms with Crippen LogP contribution in [-0.4, -0.2) is 23.4 Å². The molecule has 0 bridgehead atoms. The highest BCUT2D eigenvalue weighted by Crippen LogP contribution is 2.32. The number of hydrogen-bond donors (Lipinski definition) is 0. The summed E-state index contributed by atoms with van der Waals surface area (Å²) in [5.74, 6) is 1.38. The molecule has 170 valence electrons. The van der Waals surface area contributed by atoms with Gasteiger partial charge in [0.2, 0.25) is 0 Å².